The zero-order chi connectivity index (χ0) is 13.9. The van der Waals surface area contributed by atoms with E-state index in [1.54, 1.807) is 12.1 Å². The molecule has 3 saturated carbocycles. The number of hydrogen-bond donors (Lipinski definition) is 2. The van der Waals surface area contributed by atoms with Gasteiger partial charge in [0.2, 0.25) is 5.91 Å². The second-order valence-electron chi connectivity index (χ2n) is 6.39. The number of fused-ring (bicyclic) bond motifs is 5. The van der Waals surface area contributed by atoms with Gasteiger partial charge in [0.15, 0.2) is 0 Å². The first kappa shape index (κ1) is 11.9. The molecule has 2 N–H and O–H groups in total. The lowest BCUT2D eigenvalue weighted by atomic mass is 10.0. The van der Waals surface area contributed by atoms with Gasteiger partial charge in [0.05, 0.1) is 5.56 Å². The van der Waals surface area contributed by atoms with Crippen LogP contribution in [0, 0.1) is 29.6 Å². The number of aromatic carboxylic acids is 1. The van der Waals surface area contributed by atoms with E-state index in [0.717, 1.165) is 11.8 Å². The molecule has 0 spiro atoms. The Kier molecular flexibility index (Phi) is 2.43. The second kappa shape index (κ2) is 4.08. The van der Waals surface area contributed by atoms with Gasteiger partial charge in [0.25, 0.3) is 0 Å². The molecule has 1 aromatic rings. The third kappa shape index (κ3) is 1.67. The SMILES string of the molecule is O=C(O)c1ccc(NC(=O)C2C3C4CCC(C4)C23)cc1. The van der Waals surface area contributed by atoms with Crippen molar-refractivity contribution in [3.63, 3.8) is 0 Å². The van der Waals surface area contributed by atoms with Crippen LogP contribution in [0.5, 0.6) is 0 Å². The molecule has 4 unspecified atom stereocenters. The van der Waals surface area contributed by atoms with E-state index in [9.17, 15) is 9.59 Å². The van der Waals surface area contributed by atoms with Crippen LogP contribution < -0.4 is 5.32 Å². The number of benzene rings is 1. The van der Waals surface area contributed by atoms with Crippen molar-refractivity contribution in [2.24, 2.45) is 29.6 Å². The summed E-state index contributed by atoms with van der Waals surface area (Å²) in [6, 6.07) is 6.37. The van der Waals surface area contributed by atoms with Crippen molar-refractivity contribution >= 4 is 17.6 Å². The van der Waals surface area contributed by atoms with Crippen LogP contribution in [-0.4, -0.2) is 17.0 Å². The van der Waals surface area contributed by atoms with E-state index >= 15 is 0 Å². The van der Waals surface area contributed by atoms with Crippen LogP contribution in [0.2, 0.25) is 0 Å². The number of anilines is 1. The van der Waals surface area contributed by atoms with E-state index in [-0.39, 0.29) is 17.4 Å². The highest BCUT2D eigenvalue weighted by Crippen LogP contribution is 2.69. The van der Waals surface area contributed by atoms with Crippen molar-refractivity contribution in [1.82, 2.24) is 0 Å². The van der Waals surface area contributed by atoms with E-state index in [1.807, 2.05) is 0 Å². The molecule has 4 atom stereocenters. The number of carboxylic acids is 1. The van der Waals surface area contributed by atoms with Gasteiger partial charge < -0.3 is 10.4 Å². The van der Waals surface area contributed by atoms with Gasteiger partial charge in [-0.05, 0) is 67.2 Å². The molecule has 104 valence electrons. The number of carbonyl (C=O) groups excluding carboxylic acids is 1. The quantitative estimate of drug-likeness (QED) is 0.888. The Morgan fingerprint density at radius 3 is 2.20 bits per heavy atom. The van der Waals surface area contributed by atoms with Crippen LogP contribution in [0.15, 0.2) is 24.3 Å². The standard InChI is InChI=1S/C16H17NO3/c18-15(14-12-9-1-2-10(7-9)13(12)14)17-11-5-3-8(4-6-11)16(19)20/h3-6,9-10,12-14H,1-2,7H2,(H,17,18)(H,19,20). The normalized spacial score (nSPS) is 36.5. The van der Waals surface area contributed by atoms with E-state index in [2.05, 4.69) is 5.32 Å². The van der Waals surface area contributed by atoms with E-state index < -0.39 is 5.97 Å². The van der Waals surface area contributed by atoms with Crippen LogP contribution in [0.3, 0.4) is 0 Å². The molecule has 0 aromatic heterocycles. The average Bonchev–Trinajstić information content (AvgIpc) is 2.89. The third-order valence-electron chi connectivity index (χ3n) is 5.44. The summed E-state index contributed by atoms with van der Waals surface area (Å²) in [5.74, 6) is 2.22. The van der Waals surface area contributed by atoms with Crippen molar-refractivity contribution < 1.29 is 14.7 Å². The monoisotopic (exact) mass is 271 g/mol. The van der Waals surface area contributed by atoms with Gasteiger partial charge >= 0.3 is 5.97 Å². The zero-order valence-corrected chi connectivity index (χ0v) is 11.1. The molecular formula is C16H17NO3. The molecule has 4 rings (SSSR count). The third-order valence-corrected chi connectivity index (χ3v) is 5.44. The highest BCUT2D eigenvalue weighted by atomic mass is 16.4. The van der Waals surface area contributed by atoms with Crippen LogP contribution in [0.25, 0.3) is 0 Å². The minimum Gasteiger partial charge on any atom is -0.478 e. The molecule has 2 bridgehead atoms. The number of amides is 1. The predicted molar refractivity (Wildman–Crippen MR) is 73.3 cm³/mol. The van der Waals surface area contributed by atoms with Gasteiger partial charge in [0, 0.05) is 11.6 Å². The molecule has 3 aliphatic rings. The summed E-state index contributed by atoms with van der Waals surface area (Å²) in [4.78, 5) is 23.1. The van der Waals surface area contributed by atoms with Crippen molar-refractivity contribution in [3.05, 3.63) is 29.8 Å². The van der Waals surface area contributed by atoms with Gasteiger partial charge in [0.1, 0.15) is 0 Å². The molecule has 3 aliphatic carbocycles. The molecule has 0 radical (unpaired) electrons. The Bertz CT molecular complexity index is 564. The average molecular weight is 271 g/mol. The number of carboxylic acid groups (broad SMARTS) is 1. The van der Waals surface area contributed by atoms with Gasteiger partial charge in [-0.15, -0.1) is 0 Å². The van der Waals surface area contributed by atoms with Crippen LogP contribution in [-0.2, 0) is 4.79 Å². The molecule has 1 amide bonds. The van der Waals surface area contributed by atoms with Crippen molar-refractivity contribution in [1.29, 1.82) is 0 Å². The smallest absolute Gasteiger partial charge is 0.335 e. The van der Waals surface area contributed by atoms with E-state index in [1.165, 1.54) is 31.4 Å². The fourth-order valence-electron chi connectivity index (χ4n) is 4.60. The lowest BCUT2D eigenvalue weighted by molar-refractivity contribution is -0.118. The molecule has 20 heavy (non-hydrogen) atoms. The van der Waals surface area contributed by atoms with E-state index in [0.29, 0.717) is 17.5 Å². The fourth-order valence-corrected chi connectivity index (χ4v) is 4.60. The number of hydrogen-bond acceptors (Lipinski definition) is 2. The molecule has 3 fully saturated rings. The van der Waals surface area contributed by atoms with Gasteiger partial charge in [-0.1, -0.05) is 0 Å². The fraction of sp³-hybridized carbons (Fsp3) is 0.500. The van der Waals surface area contributed by atoms with Gasteiger partial charge in [-0.3, -0.25) is 4.79 Å². The Balaban J connectivity index is 1.42. The molecule has 0 heterocycles. The van der Waals surface area contributed by atoms with Crippen molar-refractivity contribution in [2.75, 3.05) is 5.32 Å². The summed E-state index contributed by atoms with van der Waals surface area (Å²) >= 11 is 0. The topological polar surface area (TPSA) is 66.4 Å². The summed E-state index contributed by atoms with van der Waals surface area (Å²) in [6.07, 6.45) is 3.96. The summed E-state index contributed by atoms with van der Waals surface area (Å²) in [7, 11) is 0. The molecule has 4 heteroatoms. The summed E-state index contributed by atoms with van der Waals surface area (Å²) in [6.45, 7) is 0. The maximum absolute atomic E-state index is 12.3. The van der Waals surface area contributed by atoms with Crippen LogP contribution >= 0.6 is 0 Å². The number of carbonyl (C=O) groups is 2. The van der Waals surface area contributed by atoms with Crippen molar-refractivity contribution in [3.8, 4) is 0 Å². The molecule has 0 aliphatic heterocycles. The summed E-state index contributed by atoms with van der Waals surface area (Å²) in [5, 5.41) is 11.8. The maximum Gasteiger partial charge on any atom is 0.335 e. The predicted octanol–water partition coefficient (Wildman–Crippen LogP) is 2.62. The first-order valence-corrected chi connectivity index (χ1v) is 7.29. The molecular weight excluding hydrogens is 254 g/mol. The van der Waals surface area contributed by atoms with Crippen molar-refractivity contribution in [2.45, 2.75) is 19.3 Å². The molecule has 1 aromatic carbocycles. The highest BCUT2D eigenvalue weighted by molar-refractivity contribution is 5.96. The van der Waals surface area contributed by atoms with Crippen LogP contribution in [0.4, 0.5) is 5.69 Å². The zero-order valence-electron chi connectivity index (χ0n) is 11.1. The van der Waals surface area contributed by atoms with E-state index in [4.69, 9.17) is 5.11 Å². The first-order chi connectivity index (χ1) is 9.65. The maximum atomic E-state index is 12.3. The highest BCUT2D eigenvalue weighted by Gasteiger charge is 2.67. The summed E-state index contributed by atoms with van der Waals surface area (Å²) in [5.41, 5.74) is 0.932. The largest absolute Gasteiger partial charge is 0.478 e. The Hall–Kier alpha value is -1.84. The number of rotatable bonds is 3. The molecule has 0 saturated heterocycles. The lowest BCUT2D eigenvalue weighted by Gasteiger charge is -2.09. The van der Waals surface area contributed by atoms with Gasteiger partial charge in [-0.2, -0.15) is 0 Å². The number of nitrogens with one attached hydrogen (secondary N) is 1. The second-order valence-corrected chi connectivity index (χ2v) is 6.39. The van der Waals surface area contributed by atoms with Crippen LogP contribution in [0.1, 0.15) is 29.6 Å². The Labute approximate surface area is 117 Å². The molecule has 4 nitrogen and oxygen atoms in total. The van der Waals surface area contributed by atoms with Gasteiger partial charge in [-0.25, -0.2) is 4.79 Å². The minimum atomic E-state index is -0.948. The Morgan fingerprint density at radius 1 is 1.05 bits per heavy atom. The Morgan fingerprint density at radius 2 is 1.65 bits per heavy atom. The lowest BCUT2D eigenvalue weighted by Crippen LogP contribution is -2.18. The minimum absolute atomic E-state index is 0.125. The first-order valence-electron chi connectivity index (χ1n) is 7.29. The summed E-state index contributed by atoms with van der Waals surface area (Å²) < 4.78 is 0.